The summed E-state index contributed by atoms with van der Waals surface area (Å²) in [5.41, 5.74) is 1.66. The summed E-state index contributed by atoms with van der Waals surface area (Å²) in [6, 6.07) is 11.3. The van der Waals surface area contributed by atoms with E-state index in [1.165, 1.54) is 12.1 Å². The van der Waals surface area contributed by atoms with E-state index < -0.39 is 28.1 Å². The molecule has 36 heavy (non-hydrogen) atoms. The average Bonchev–Trinajstić information content (AvgIpc) is 2.79. The van der Waals surface area contributed by atoms with Crippen molar-refractivity contribution in [1.29, 1.82) is 0 Å². The third kappa shape index (κ3) is 7.85. The highest BCUT2D eigenvalue weighted by Crippen LogP contribution is 2.31. The van der Waals surface area contributed by atoms with E-state index in [2.05, 4.69) is 21.4 Å². The van der Waals surface area contributed by atoms with Gasteiger partial charge in [-0.15, -0.1) is 0 Å². The van der Waals surface area contributed by atoms with Gasteiger partial charge in [0.05, 0.1) is 21.8 Å². The molecule has 0 bridgehead atoms. The summed E-state index contributed by atoms with van der Waals surface area (Å²) < 4.78 is 60.3. The number of carboxylic acid groups (broad SMARTS) is 2. The van der Waals surface area contributed by atoms with Crippen LogP contribution in [0.5, 0.6) is 0 Å². The molecule has 0 spiro atoms. The van der Waals surface area contributed by atoms with E-state index >= 15 is 0 Å². The highest BCUT2D eigenvalue weighted by Gasteiger charge is 2.38. The maximum absolute atomic E-state index is 13.0. The van der Waals surface area contributed by atoms with Crippen molar-refractivity contribution in [2.75, 3.05) is 42.3 Å². The van der Waals surface area contributed by atoms with Crippen LogP contribution in [0.25, 0.3) is 0 Å². The second-order valence-electron chi connectivity index (χ2n) is 8.04. The van der Waals surface area contributed by atoms with Gasteiger partial charge in [0, 0.05) is 26.2 Å². The Hall–Kier alpha value is -3.32. The number of carboxylic acids is 2. The molecule has 0 aromatic heterocycles. The number of alkyl halides is 3. The van der Waals surface area contributed by atoms with Gasteiger partial charge in [-0.1, -0.05) is 25.1 Å². The Labute approximate surface area is 207 Å². The Morgan fingerprint density at radius 1 is 1.03 bits per heavy atom. The molecule has 198 valence electrons. The SMILES string of the molecule is CCCN1CCN(c2ccc(C(=O)O)cc2NS(=O)(=O)c2ccccc2C)CC1.O=C(O)C(F)(F)F. The van der Waals surface area contributed by atoms with Crippen LogP contribution < -0.4 is 9.62 Å². The van der Waals surface area contributed by atoms with Gasteiger partial charge in [-0.2, -0.15) is 13.2 Å². The molecule has 2 aromatic carbocycles. The number of halogens is 3. The largest absolute Gasteiger partial charge is 0.490 e. The number of hydrogen-bond acceptors (Lipinski definition) is 6. The molecule has 0 unspecified atom stereocenters. The molecule has 2 aromatic rings. The molecule has 9 nitrogen and oxygen atoms in total. The number of anilines is 2. The fourth-order valence-corrected chi connectivity index (χ4v) is 4.93. The van der Waals surface area contributed by atoms with E-state index in [0.717, 1.165) is 39.1 Å². The zero-order valence-corrected chi connectivity index (χ0v) is 20.6. The van der Waals surface area contributed by atoms with E-state index in [-0.39, 0.29) is 16.1 Å². The molecule has 3 N–H and O–H groups in total. The highest BCUT2D eigenvalue weighted by molar-refractivity contribution is 7.92. The number of nitrogens with one attached hydrogen (secondary N) is 1. The predicted octanol–water partition coefficient (Wildman–Crippen LogP) is 3.66. The molecule has 0 amide bonds. The Morgan fingerprint density at radius 3 is 2.11 bits per heavy atom. The third-order valence-electron chi connectivity index (χ3n) is 5.37. The highest BCUT2D eigenvalue weighted by atomic mass is 32.2. The van der Waals surface area contributed by atoms with E-state index in [0.29, 0.717) is 11.3 Å². The van der Waals surface area contributed by atoms with Crippen LogP contribution in [0.4, 0.5) is 24.5 Å². The Balaban J connectivity index is 0.000000572. The molecule has 1 fully saturated rings. The lowest BCUT2D eigenvalue weighted by molar-refractivity contribution is -0.192. The number of nitrogens with zero attached hydrogens (tertiary/aromatic N) is 2. The molecule has 0 radical (unpaired) electrons. The Morgan fingerprint density at radius 2 is 1.61 bits per heavy atom. The topological polar surface area (TPSA) is 127 Å². The maximum atomic E-state index is 13.0. The quantitative estimate of drug-likeness (QED) is 0.494. The lowest BCUT2D eigenvalue weighted by Crippen LogP contribution is -2.46. The van der Waals surface area contributed by atoms with Gasteiger partial charge in [-0.3, -0.25) is 9.62 Å². The van der Waals surface area contributed by atoms with Gasteiger partial charge in [0.1, 0.15) is 0 Å². The van der Waals surface area contributed by atoms with E-state index in [1.54, 1.807) is 37.3 Å². The number of aromatic carboxylic acids is 1. The van der Waals surface area contributed by atoms with Crippen molar-refractivity contribution >= 4 is 33.3 Å². The second kappa shape index (κ2) is 12.1. The number of sulfonamides is 1. The minimum Gasteiger partial charge on any atom is -0.478 e. The number of piperazine rings is 1. The van der Waals surface area contributed by atoms with E-state index in [1.807, 2.05) is 0 Å². The zero-order valence-electron chi connectivity index (χ0n) is 19.7. The monoisotopic (exact) mass is 531 g/mol. The van der Waals surface area contributed by atoms with Gasteiger partial charge >= 0.3 is 18.1 Å². The van der Waals surface area contributed by atoms with Crippen LogP contribution in [0.15, 0.2) is 47.4 Å². The van der Waals surface area contributed by atoms with Crippen LogP contribution in [0.1, 0.15) is 29.3 Å². The van der Waals surface area contributed by atoms with Crippen LogP contribution in [0.2, 0.25) is 0 Å². The van der Waals surface area contributed by atoms with Crippen LogP contribution in [-0.4, -0.2) is 74.4 Å². The standard InChI is InChI=1S/C21H27N3O4S.C2HF3O2/c1-3-10-23-11-13-24(14-12-23)19-9-8-17(21(25)26)15-18(19)22-29(27,28)20-7-5-4-6-16(20)2;3-2(4,5)1(6)7/h4-9,15,22H,3,10-14H2,1-2H3,(H,25,26);(H,6,7). The fraction of sp³-hybridized carbons (Fsp3) is 0.391. The van der Waals surface area contributed by atoms with Crippen molar-refractivity contribution in [3.05, 3.63) is 53.6 Å². The van der Waals surface area contributed by atoms with Crippen molar-refractivity contribution in [3.63, 3.8) is 0 Å². The first kappa shape index (κ1) is 28.9. The van der Waals surface area contributed by atoms with Crippen LogP contribution in [0.3, 0.4) is 0 Å². The summed E-state index contributed by atoms with van der Waals surface area (Å²) >= 11 is 0. The molecular formula is C23H28F3N3O6S. The summed E-state index contributed by atoms with van der Waals surface area (Å²) in [4.78, 5) is 25.0. The van der Waals surface area contributed by atoms with Gasteiger partial charge in [-0.05, 0) is 49.7 Å². The smallest absolute Gasteiger partial charge is 0.478 e. The van der Waals surface area contributed by atoms with Gasteiger partial charge in [-0.25, -0.2) is 18.0 Å². The number of carbonyl (C=O) groups is 2. The Bertz CT molecular complexity index is 1180. The number of aliphatic carboxylic acids is 1. The summed E-state index contributed by atoms with van der Waals surface area (Å²) in [5, 5.41) is 16.5. The summed E-state index contributed by atoms with van der Waals surface area (Å²) in [6.45, 7) is 8.21. The zero-order chi connectivity index (χ0) is 27.1. The van der Waals surface area contributed by atoms with Crippen LogP contribution in [0, 0.1) is 6.92 Å². The number of rotatable bonds is 7. The number of benzene rings is 2. The lowest BCUT2D eigenvalue weighted by Gasteiger charge is -2.37. The first-order chi connectivity index (χ1) is 16.8. The van der Waals surface area contributed by atoms with Crippen molar-refractivity contribution < 1.29 is 41.4 Å². The van der Waals surface area contributed by atoms with Gasteiger partial charge < -0.3 is 15.1 Å². The molecule has 0 atom stereocenters. The maximum Gasteiger partial charge on any atom is 0.490 e. The summed E-state index contributed by atoms with van der Waals surface area (Å²) in [5.74, 6) is -3.85. The van der Waals surface area contributed by atoms with E-state index in [9.17, 15) is 31.5 Å². The first-order valence-electron chi connectivity index (χ1n) is 11.0. The molecule has 0 aliphatic carbocycles. The van der Waals surface area contributed by atoms with Gasteiger partial charge in [0.2, 0.25) is 0 Å². The first-order valence-corrected chi connectivity index (χ1v) is 12.5. The van der Waals surface area contributed by atoms with Gasteiger partial charge in [0.25, 0.3) is 10.0 Å². The van der Waals surface area contributed by atoms with Gasteiger partial charge in [0.15, 0.2) is 0 Å². The second-order valence-corrected chi connectivity index (χ2v) is 9.69. The number of aryl methyl sites for hydroxylation is 1. The number of hydrogen-bond donors (Lipinski definition) is 3. The summed E-state index contributed by atoms with van der Waals surface area (Å²) in [7, 11) is -3.85. The van der Waals surface area contributed by atoms with Crippen molar-refractivity contribution in [2.24, 2.45) is 0 Å². The third-order valence-corrected chi connectivity index (χ3v) is 6.89. The Kier molecular flexibility index (Phi) is 9.70. The van der Waals surface area contributed by atoms with Crippen molar-refractivity contribution in [3.8, 4) is 0 Å². The predicted molar refractivity (Wildman–Crippen MR) is 128 cm³/mol. The molecule has 0 saturated carbocycles. The van der Waals surface area contributed by atoms with Crippen LogP contribution in [-0.2, 0) is 14.8 Å². The van der Waals surface area contributed by atoms with E-state index in [4.69, 9.17) is 9.90 Å². The van der Waals surface area contributed by atoms with Crippen LogP contribution >= 0.6 is 0 Å². The lowest BCUT2D eigenvalue weighted by atomic mass is 10.1. The fourth-order valence-electron chi connectivity index (χ4n) is 3.61. The minimum atomic E-state index is -5.08. The molecule has 1 aliphatic rings. The van der Waals surface area contributed by atoms with Crippen molar-refractivity contribution in [1.82, 2.24) is 4.90 Å². The molecule has 1 aliphatic heterocycles. The molecule has 1 saturated heterocycles. The molecule has 3 rings (SSSR count). The van der Waals surface area contributed by atoms with Crippen molar-refractivity contribution in [2.45, 2.75) is 31.3 Å². The molecular weight excluding hydrogens is 503 g/mol. The summed E-state index contributed by atoms with van der Waals surface area (Å²) in [6.07, 6.45) is -3.99. The minimum absolute atomic E-state index is 0.0425. The molecule has 1 heterocycles. The average molecular weight is 532 g/mol. The molecule has 13 heteroatoms. The normalized spacial score (nSPS) is 14.5.